The van der Waals surface area contributed by atoms with Crippen LogP contribution in [-0.2, 0) is 19.0 Å². The molecule has 1 N–H and O–H groups in total. The molecule has 5 nitrogen and oxygen atoms in total. The SMILES string of the molecule is CO[C@@H]([C@H](OC)[C@@H](C=O)OC)[C@@H](C)O. The van der Waals surface area contributed by atoms with Crippen LogP contribution in [0.3, 0.4) is 0 Å². The smallest absolute Gasteiger partial charge is 0.151 e. The van der Waals surface area contributed by atoms with Crippen LogP contribution in [0, 0.1) is 0 Å². The lowest BCUT2D eigenvalue weighted by Crippen LogP contribution is -2.47. The van der Waals surface area contributed by atoms with Crippen molar-refractivity contribution < 1.29 is 24.1 Å². The van der Waals surface area contributed by atoms with Crippen molar-refractivity contribution in [2.24, 2.45) is 0 Å². The van der Waals surface area contributed by atoms with Gasteiger partial charge in [0.15, 0.2) is 6.29 Å². The molecule has 0 radical (unpaired) electrons. The van der Waals surface area contributed by atoms with Gasteiger partial charge in [0.1, 0.15) is 18.3 Å². The standard InChI is InChI=1S/C9H18O5/c1-6(11)8(13-3)9(14-4)7(5-10)12-2/h5-9,11H,1-4H3/t6-,7-,8-,9-/m1/s1. The van der Waals surface area contributed by atoms with Gasteiger partial charge in [0.25, 0.3) is 0 Å². The third-order valence-corrected chi connectivity index (χ3v) is 2.07. The summed E-state index contributed by atoms with van der Waals surface area (Å²) in [5.41, 5.74) is 0. The number of aliphatic hydroxyl groups excluding tert-OH is 1. The van der Waals surface area contributed by atoms with Gasteiger partial charge in [-0.2, -0.15) is 0 Å². The number of carbonyl (C=O) groups excluding carboxylic acids is 1. The second-order valence-corrected chi connectivity index (χ2v) is 2.98. The van der Waals surface area contributed by atoms with Gasteiger partial charge in [-0.3, -0.25) is 0 Å². The molecule has 0 aliphatic rings. The van der Waals surface area contributed by atoms with Crippen molar-refractivity contribution >= 4 is 6.29 Å². The average Bonchev–Trinajstić information content (AvgIpc) is 2.17. The Morgan fingerprint density at radius 3 is 1.79 bits per heavy atom. The second kappa shape index (κ2) is 6.89. The lowest BCUT2D eigenvalue weighted by molar-refractivity contribution is -0.149. The Morgan fingerprint density at radius 2 is 1.57 bits per heavy atom. The fraction of sp³-hybridized carbons (Fsp3) is 0.889. The topological polar surface area (TPSA) is 65.0 Å². The van der Waals surface area contributed by atoms with E-state index in [1.165, 1.54) is 21.3 Å². The summed E-state index contributed by atoms with van der Waals surface area (Å²) in [6.45, 7) is 1.57. The first-order chi connectivity index (χ1) is 6.62. The Bertz CT molecular complexity index is 159. The predicted octanol–water partition coefficient (Wildman–Crippen LogP) is -0.389. The summed E-state index contributed by atoms with van der Waals surface area (Å²) in [6, 6.07) is 0. The third kappa shape index (κ3) is 3.34. The molecule has 14 heavy (non-hydrogen) atoms. The molecular weight excluding hydrogens is 188 g/mol. The molecule has 0 aliphatic heterocycles. The van der Waals surface area contributed by atoms with Gasteiger partial charge < -0.3 is 24.1 Å². The van der Waals surface area contributed by atoms with Crippen molar-refractivity contribution in [3.05, 3.63) is 0 Å². The Balaban J connectivity index is 4.56. The lowest BCUT2D eigenvalue weighted by Gasteiger charge is -2.29. The van der Waals surface area contributed by atoms with E-state index < -0.39 is 24.4 Å². The highest BCUT2D eigenvalue weighted by atomic mass is 16.6. The minimum absolute atomic E-state index is 0.588. The zero-order valence-corrected chi connectivity index (χ0v) is 8.97. The predicted molar refractivity (Wildman–Crippen MR) is 50.1 cm³/mol. The molecule has 0 heterocycles. The molecule has 0 saturated heterocycles. The molecule has 0 unspecified atom stereocenters. The highest BCUT2D eigenvalue weighted by Gasteiger charge is 2.32. The molecule has 0 aromatic heterocycles. The van der Waals surface area contributed by atoms with E-state index >= 15 is 0 Å². The minimum Gasteiger partial charge on any atom is -0.391 e. The highest BCUT2D eigenvalue weighted by molar-refractivity contribution is 5.57. The van der Waals surface area contributed by atoms with Crippen molar-refractivity contribution in [3.8, 4) is 0 Å². The Labute approximate surface area is 84.0 Å². The molecule has 0 aromatic carbocycles. The van der Waals surface area contributed by atoms with Gasteiger partial charge in [-0.15, -0.1) is 0 Å². The van der Waals surface area contributed by atoms with Gasteiger partial charge in [0.05, 0.1) is 6.10 Å². The summed E-state index contributed by atoms with van der Waals surface area (Å²) < 4.78 is 15.0. The molecule has 0 bridgehead atoms. The number of ether oxygens (including phenoxy) is 3. The molecule has 0 fully saturated rings. The molecule has 84 valence electrons. The molecule has 5 heteroatoms. The largest absolute Gasteiger partial charge is 0.391 e. The van der Waals surface area contributed by atoms with Crippen molar-refractivity contribution in [2.45, 2.75) is 31.3 Å². The van der Waals surface area contributed by atoms with E-state index in [1.54, 1.807) is 6.92 Å². The first-order valence-corrected chi connectivity index (χ1v) is 4.34. The van der Waals surface area contributed by atoms with E-state index in [2.05, 4.69) is 0 Å². The summed E-state index contributed by atoms with van der Waals surface area (Å²) in [6.07, 6.45) is -2.04. The number of hydrogen-bond acceptors (Lipinski definition) is 5. The zero-order chi connectivity index (χ0) is 11.1. The van der Waals surface area contributed by atoms with Gasteiger partial charge in [0, 0.05) is 21.3 Å². The molecule has 0 aromatic rings. The maximum absolute atomic E-state index is 10.6. The summed E-state index contributed by atoms with van der Waals surface area (Å²) in [7, 11) is 4.29. The van der Waals surface area contributed by atoms with E-state index in [4.69, 9.17) is 14.2 Å². The van der Waals surface area contributed by atoms with Gasteiger partial charge in [0.2, 0.25) is 0 Å². The molecule has 0 rings (SSSR count). The van der Waals surface area contributed by atoms with Crippen molar-refractivity contribution in [3.63, 3.8) is 0 Å². The maximum Gasteiger partial charge on any atom is 0.151 e. The van der Waals surface area contributed by atoms with Crippen LogP contribution in [0.15, 0.2) is 0 Å². The summed E-state index contributed by atoms with van der Waals surface area (Å²) in [5.74, 6) is 0. The van der Waals surface area contributed by atoms with Gasteiger partial charge in [-0.05, 0) is 6.92 Å². The van der Waals surface area contributed by atoms with E-state index in [9.17, 15) is 9.90 Å². The number of aldehydes is 1. The number of hydrogen-bond donors (Lipinski definition) is 1. The Morgan fingerprint density at radius 1 is 1.07 bits per heavy atom. The van der Waals surface area contributed by atoms with Gasteiger partial charge >= 0.3 is 0 Å². The normalized spacial score (nSPS) is 19.8. The van der Waals surface area contributed by atoms with Crippen LogP contribution in [-0.4, -0.2) is 57.1 Å². The van der Waals surface area contributed by atoms with Crippen LogP contribution in [0.5, 0.6) is 0 Å². The van der Waals surface area contributed by atoms with E-state index in [1.807, 2.05) is 0 Å². The molecule has 4 atom stereocenters. The lowest BCUT2D eigenvalue weighted by atomic mass is 10.0. The number of carbonyl (C=O) groups is 1. The van der Waals surface area contributed by atoms with Crippen LogP contribution < -0.4 is 0 Å². The molecule has 0 aliphatic carbocycles. The van der Waals surface area contributed by atoms with Crippen molar-refractivity contribution in [1.29, 1.82) is 0 Å². The van der Waals surface area contributed by atoms with E-state index in [0.29, 0.717) is 6.29 Å². The first kappa shape index (κ1) is 13.5. The number of methoxy groups -OCH3 is 3. The van der Waals surface area contributed by atoms with Gasteiger partial charge in [-0.25, -0.2) is 0 Å². The monoisotopic (exact) mass is 206 g/mol. The summed E-state index contributed by atoms with van der Waals surface area (Å²) >= 11 is 0. The third-order valence-electron chi connectivity index (χ3n) is 2.07. The molecule has 0 spiro atoms. The van der Waals surface area contributed by atoms with Gasteiger partial charge in [-0.1, -0.05) is 0 Å². The van der Waals surface area contributed by atoms with Crippen LogP contribution in [0.4, 0.5) is 0 Å². The minimum atomic E-state index is -0.737. The fourth-order valence-electron chi connectivity index (χ4n) is 1.33. The first-order valence-electron chi connectivity index (χ1n) is 4.34. The van der Waals surface area contributed by atoms with E-state index in [-0.39, 0.29) is 0 Å². The van der Waals surface area contributed by atoms with Crippen LogP contribution >= 0.6 is 0 Å². The maximum atomic E-state index is 10.6. The fourth-order valence-corrected chi connectivity index (χ4v) is 1.33. The number of aliphatic hydroxyl groups is 1. The Hall–Kier alpha value is -0.490. The van der Waals surface area contributed by atoms with Crippen molar-refractivity contribution in [2.75, 3.05) is 21.3 Å². The van der Waals surface area contributed by atoms with E-state index in [0.717, 1.165) is 0 Å². The molecule has 0 saturated carbocycles. The molecule has 0 amide bonds. The quantitative estimate of drug-likeness (QED) is 0.575. The molecular formula is C9H18O5. The summed E-state index contributed by atoms with van der Waals surface area (Å²) in [5, 5.41) is 9.38. The summed E-state index contributed by atoms with van der Waals surface area (Å²) in [4.78, 5) is 10.6. The Kier molecular flexibility index (Phi) is 6.65. The zero-order valence-electron chi connectivity index (χ0n) is 8.97. The van der Waals surface area contributed by atoms with Crippen LogP contribution in [0.1, 0.15) is 6.92 Å². The number of rotatable bonds is 7. The highest BCUT2D eigenvalue weighted by Crippen LogP contribution is 2.12. The average molecular weight is 206 g/mol. The van der Waals surface area contributed by atoms with Crippen LogP contribution in [0.25, 0.3) is 0 Å². The second-order valence-electron chi connectivity index (χ2n) is 2.98. The van der Waals surface area contributed by atoms with Crippen molar-refractivity contribution in [1.82, 2.24) is 0 Å². The van der Waals surface area contributed by atoms with Crippen LogP contribution in [0.2, 0.25) is 0 Å².